The smallest absolute Gasteiger partial charge is 0.381 e. The number of alkyl halides is 3. The van der Waals surface area contributed by atoms with Gasteiger partial charge in [-0.05, 0) is 55.3 Å². The molecule has 1 aliphatic heterocycles. The molecule has 0 saturated carbocycles. The van der Waals surface area contributed by atoms with Crippen molar-refractivity contribution in [3.8, 4) is 11.3 Å². The van der Waals surface area contributed by atoms with E-state index in [0.29, 0.717) is 36.8 Å². The van der Waals surface area contributed by atoms with Crippen LogP contribution in [0.5, 0.6) is 0 Å². The van der Waals surface area contributed by atoms with Gasteiger partial charge in [0.1, 0.15) is 0 Å². The molecule has 5 nitrogen and oxygen atoms in total. The number of aromatic nitrogens is 2. The number of hydrogen-bond acceptors (Lipinski definition) is 4. The Balaban J connectivity index is 1.75. The summed E-state index contributed by atoms with van der Waals surface area (Å²) in [6.45, 7) is 0.890. The van der Waals surface area contributed by atoms with Gasteiger partial charge in [-0.25, -0.2) is 14.9 Å². The lowest BCUT2D eigenvalue weighted by molar-refractivity contribution is -0.137. The molecule has 1 fully saturated rings. The van der Waals surface area contributed by atoms with Crippen molar-refractivity contribution in [3.05, 3.63) is 71.4 Å². The lowest BCUT2D eigenvalue weighted by Gasteiger charge is -2.28. The van der Waals surface area contributed by atoms with Crippen molar-refractivity contribution >= 4 is 29.1 Å². The third kappa shape index (κ3) is 4.92. The van der Waals surface area contributed by atoms with E-state index >= 15 is 0 Å². The van der Waals surface area contributed by atoms with Crippen LogP contribution in [0.25, 0.3) is 11.3 Å². The van der Waals surface area contributed by atoms with E-state index < -0.39 is 11.7 Å². The maximum absolute atomic E-state index is 13.4. The molecule has 166 valence electrons. The minimum atomic E-state index is -4.48. The summed E-state index contributed by atoms with van der Waals surface area (Å²) in [6.07, 6.45) is -1.93. The second kappa shape index (κ2) is 9.26. The standard InChI is InChI=1S/C23H19ClF3N3O2/c24-18-3-1-2-16(14-18)20-8-11-28-22(29-20)30(21(31)15-9-12-32-13-10-15)19-6-4-17(5-7-19)23(25,26)27/h1-8,11,14-15H,9-10,12-13H2. The quantitative estimate of drug-likeness (QED) is 0.485. The van der Waals surface area contributed by atoms with Crippen molar-refractivity contribution in [1.29, 1.82) is 0 Å². The third-order valence-corrected chi connectivity index (χ3v) is 5.44. The molecule has 1 amide bonds. The number of halogens is 4. The van der Waals surface area contributed by atoms with Gasteiger partial charge in [0.2, 0.25) is 11.9 Å². The van der Waals surface area contributed by atoms with Crippen LogP contribution >= 0.6 is 11.6 Å². The highest BCUT2D eigenvalue weighted by atomic mass is 35.5. The van der Waals surface area contributed by atoms with E-state index in [1.54, 1.807) is 24.3 Å². The molecule has 2 heterocycles. The van der Waals surface area contributed by atoms with E-state index in [4.69, 9.17) is 16.3 Å². The largest absolute Gasteiger partial charge is 0.416 e. The topological polar surface area (TPSA) is 55.3 Å². The van der Waals surface area contributed by atoms with Crippen LogP contribution in [0, 0.1) is 5.92 Å². The van der Waals surface area contributed by atoms with Gasteiger partial charge in [0, 0.05) is 35.9 Å². The van der Waals surface area contributed by atoms with Crippen molar-refractivity contribution in [2.24, 2.45) is 5.92 Å². The first kappa shape index (κ1) is 22.2. The molecule has 0 radical (unpaired) electrons. The summed E-state index contributed by atoms with van der Waals surface area (Å²) in [6, 6.07) is 13.2. The summed E-state index contributed by atoms with van der Waals surface area (Å²) in [7, 11) is 0. The number of nitrogens with zero attached hydrogens (tertiary/aromatic N) is 3. The minimum absolute atomic E-state index is 0.0822. The average molecular weight is 462 g/mol. The van der Waals surface area contributed by atoms with Crippen LogP contribution in [0.3, 0.4) is 0 Å². The molecule has 0 spiro atoms. The molecule has 32 heavy (non-hydrogen) atoms. The van der Waals surface area contributed by atoms with Crippen molar-refractivity contribution in [3.63, 3.8) is 0 Å². The van der Waals surface area contributed by atoms with Crippen molar-refractivity contribution in [1.82, 2.24) is 9.97 Å². The van der Waals surface area contributed by atoms with Crippen molar-refractivity contribution < 1.29 is 22.7 Å². The average Bonchev–Trinajstić information content (AvgIpc) is 2.80. The van der Waals surface area contributed by atoms with E-state index in [1.165, 1.54) is 23.2 Å². The van der Waals surface area contributed by atoms with Crippen LogP contribution in [0.4, 0.5) is 24.8 Å². The van der Waals surface area contributed by atoms with Gasteiger partial charge in [-0.3, -0.25) is 4.79 Å². The molecule has 2 aromatic carbocycles. The van der Waals surface area contributed by atoms with Gasteiger partial charge in [0.05, 0.1) is 16.9 Å². The summed E-state index contributed by atoms with van der Waals surface area (Å²) >= 11 is 6.08. The van der Waals surface area contributed by atoms with Gasteiger partial charge >= 0.3 is 6.18 Å². The molecule has 1 aromatic heterocycles. The Kier molecular flexibility index (Phi) is 6.43. The normalized spacial score (nSPS) is 14.9. The predicted octanol–water partition coefficient (Wildman–Crippen LogP) is 5.91. The summed E-state index contributed by atoms with van der Waals surface area (Å²) in [5.74, 6) is -0.542. The highest BCUT2D eigenvalue weighted by Crippen LogP contribution is 2.34. The van der Waals surface area contributed by atoms with Gasteiger partial charge < -0.3 is 4.74 Å². The van der Waals surface area contributed by atoms with Gasteiger partial charge in [-0.15, -0.1) is 0 Å². The molecular formula is C23H19ClF3N3O2. The lowest BCUT2D eigenvalue weighted by Crippen LogP contribution is -2.36. The van der Waals surface area contributed by atoms with Gasteiger partial charge in [-0.1, -0.05) is 23.7 Å². The number of carbonyl (C=O) groups is 1. The SMILES string of the molecule is O=C(C1CCOCC1)N(c1ccc(C(F)(F)F)cc1)c1nccc(-c2cccc(Cl)c2)n1. The number of rotatable bonds is 4. The minimum Gasteiger partial charge on any atom is -0.381 e. The Morgan fingerprint density at radius 2 is 1.78 bits per heavy atom. The zero-order valence-electron chi connectivity index (χ0n) is 16.8. The molecule has 4 rings (SSSR count). The summed E-state index contributed by atoms with van der Waals surface area (Å²) < 4.78 is 44.5. The molecule has 0 bridgehead atoms. The van der Waals surface area contributed by atoms with Gasteiger partial charge in [-0.2, -0.15) is 13.2 Å². The van der Waals surface area contributed by atoms with Crippen LogP contribution in [0.15, 0.2) is 60.8 Å². The second-order valence-corrected chi connectivity index (χ2v) is 7.79. The fourth-order valence-electron chi connectivity index (χ4n) is 3.53. The first-order valence-electron chi connectivity index (χ1n) is 10.0. The number of amides is 1. The lowest BCUT2D eigenvalue weighted by atomic mass is 9.98. The van der Waals surface area contributed by atoms with Crippen LogP contribution in [0.1, 0.15) is 18.4 Å². The highest BCUT2D eigenvalue weighted by Gasteiger charge is 2.33. The fraction of sp³-hybridized carbons (Fsp3) is 0.261. The molecule has 3 aromatic rings. The van der Waals surface area contributed by atoms with Crippen LogP contribution in [-0.4, -0.2) is 29.1 Å². The zero-order chi connectivity index (χ0) is 22.7. The molecule has 1 saturated heterocycles. The Hall–Kier alpha value is -2.97. The Bertz CT molecular complexity index is 1100. The van der Waals surface area contributed by atoms with Crippen LogP contribution in [0.2, 0.25) is 5.02 Å². The number of benzene rings is 2. The van der Waals surface area contributed by atoms with E-state index in [1.807, 2.05) is 6.07 Å². The molecule has 1 aliphatic rings. The summed E-state index contributed by atoms with van der Waals surface area (Å²) in [5, 5.41) is 0.528. The predicted molar refractivity (Wildman–Crippen MR) is 115 cm³/mol. The van der Waals surface area contributed by atoms with E-state index in [2.05, 4.69) is 9.97 Å². The number of hydrogen-bond donors (Lipinski definition) is 0. The van der Waals surface area contributed by atoms with E-state index in [0.717, 1.165) is 17.7 Å². The van der Waals surface area contributed by atoms with Gasteiger partial charge in [0.25, 0.3) is 0 Å². The maximum Gasteiger partial charge on any atom is 0.416 e. The third-order valence-electron chi connectivity index (χ3n) is 5.21. The molecule has 0 atom stereocenters. The first-order chi connectivity index (χ1) is 15.3. The van der Waals surface area contributed by atoms with Crippen molar-refractivity contribution in [2.75, 3.05) is 18.1 Å². The van der Waals surface area contributed by atoms with E-state index in [-0.39, 0.29) is 23.5 Å². The number of ether oxygens (including phenoxy) is 1. The zero-order valence-corrected chi connectivity index (χ0v) is 17.6. The molecule has 0 aliphatic carbocycles. The Morgan fingerprint density at radius 3 is 2.44 bits per heavy atom. The first-order valence-corrected chi connectivity index (χ1v) is 10.4. The molecule has 9 heteroatoms. The van der Waals surface area contributed by atoms with E-state index in [9.17, 15) is 18.0 Å². The van der Waals surface area contributed by atoms with Crippen LogP contribution < -0.4 is 4.90 Å². The summed E-state index contributed by atoms with van der Waals surface area (Å²) in [4.78, 5) is 23.5. The molecular weight excluding hydrogens is 443 g/mol. The molecule has 0 unspecified atom stereocenters. The monoisotopic (exact) mass is 461 g/mol. The highest BCUT2D eigenvalue weighted by molar-refractivity contribution is 6.30. The Morgan fingerprint density at radius 1 is 1.06 bits per heavy atom. The maximum atomic E-state index is 13.4. The molecule has 0 N–H and O–H groups in total. The number of anilines is 2. The van der Waals surface area contributed by atoms with Crippen LogP contribution in [-0.2, 0) is 15.7 Å². The fourth-order valence-corrected chi connectivity index (χ4v) is 3.72. The summed E-state index contributed by atoms with van der Waals surface area (Å²) in [5.41, 5.74) is 0.729. The van der Waals surface area contributed by atoms with Crippen molar-refractivity contribution in [2.45, 2.75) is 19.0 Å². The number of carbonyl (C=O) groups excluding carboxylic acids is 1. The van der Waals surface area contributed by atoms with Gasteiger partial charge in [0.15, 0.2) is 0 Å². The Labute approximate surface area is 187 Å². The second-order valence-electron chi connectivity index (χ2n) is 7.36.